The Morgan fingerprint density at radius 2 is 1.96 bits per heavy atom. The highest BCUT2D eigenvalue weighted by Crippen LogP contribution is 2.27. The van der Waals surface area contributed by atoms with Crippen LogP contribution in [-0.4, -0.2) is 42.9 Å². The first-order valence-electron chi connectivity index (χ1n) is 9.53. The molecule has 3 aromatic rings. The molecule has 7 heteroatoms. The van der Waals surface area contributed by atoms with E-state index in [1.165, 1.54) is 12.8 Å². The van der Waals surface area contributed by atoms with Gasteiger partial charge in [0, 0.05) is 25.5 Å². The predicted octanol–water partition coefficient (Wildman–Crippen LogP) is 2.94. The SMILES string of the molecule is Cc1noc(C)c1-c1cc(CC2CCN(Cc3ccn(C)n3)CC2)ncn1. The Balaban J connectivity index is 1.36. The van der Waals surface area contributed by atoms with E-state index in [4.69, 9.17) is 4.52 Å². The number of rotatable bonds is 5. The number of piperidine rings is 1. The highest BCUT2D eigenvalue weighted by molar-refractivity contribution is 5.63. The van der Waals surface area contributed by atoms with E-state index in [2.05, 4.69) is 37.3 Å². The van der Waals surface area contributed by atoms with Crippen molar-refractivity contribution >= 4 is 0 Å². The van der Waals surface area contributed by atoms with Crippen molar-refractivity contribution in [1.82, 2.24) is 29.8 Å². The number of aromatic nitrogens is 5. The normalized spacial score (nSPS) is 16.1. The van der Waals surface area contributed by atoms with Gasteiger partial charge in [-0.1, -0.05) is 5.16 Å². The third-order valence-corrected chi connectivity index (χ3v) is 5.37. The van der Waals surface area contributed by atoms with E-state index in [1.807, 2.05) is 31.8 Å². The zero-order chi connectivity index (χ0) is 18.8. The second-order valence-corrected chi connectivity index (χ2v) is 7.50. The van der Waals surface area contributed by atoms with E-state index in [9.17, 15) is 0 Å². The molecule has 7 nitrogen and oxygen atoms in total. The van der Waals surface area contributed by atoms with Crippen LogP contribution in [0.4, 0.5) is 0 Å². The van der Waals surface area contributed by atoms with E-state index in [0.29, 0.717) is 5.92 Å². The van der Waals surface area contributed by atoms with Crippen LogP contribution in [0.1, 0.15) is 35.7 Å². The van der Waals surface area contributed by atoms with Crippen molar-refractivity contribution in [2.75, 3.05) is 13.1 Å². The molecule has 0 bridgehead atoms. The third-order valence-electron chi connectivity index (χ3n) is 5.37. The summed E-state index contributed by atoms with van der Waals surface area (Å²) >= 11 is 0. The van der Waals surface area contributed by atoms with Crippen LogP contribution >= 0.6 is 0 Å². The second-order valence-electron chi connectivity index (χ2n) is 7.50. The first kappa shape index (κ1) is 17.9. The van der Waals surface area contributed by atoms with Crippen molar-refractivity contribution in [2.24, 2.45) is 13.0 Å². The summed E-state index contributed by atoms with van der Waals surface area (Å²) < 4.78 is 7.15. The number of aryl methyl sites for hydroxylation is 3. The average Bonchev–Trinajstić information content (AvgIpc) is 3.22. The summed E-state index contributed by atoms with van der Waals surface area (Å²) in [7, 11) is 1.97. The van der Waals surface area contributed by atoms with Gasteiger partial charge in [-0.25, -0.2) is 9.97 Å². The molecule has 0 aromatic carbocycles. The van der Waals surface area contributed by atoms with Crippen LogP contribution in [0.5, 0.6) is 0 Å². The Morgan fingerprint density at radius 1 is 1.15 bits per heavy atom. The number of likely N-dealkylation sites (tertiary alicyclic amines) is 1. The van der Waals surface area contributed by atoms with Gasteiger partial charge in [0.15, 0.2) is 0 Å². The van der Waals surface area contributed by atoms with Crippen molar-refractivity contribution in [3.8, 4) is 11.3 Å². The van der Waals surface area contributed by atoms with E-state index in [-0.39, 0.29) is 0 Å². The topological polar surface area (TPSA) is 72.9 Å². The van der Waals surface area contributed by atoms with Crippen molar-refractivity contribution in [3.05, 3.63) is 47.5 Å². The molecule has 0 amide bonds. The van der Waals surface area contributed by atoms with Gasteiger partial charge in [0.25, 0.3) is 0 Å². The van der Waals surface area contributed by atoms with Crippen molar-refractivity contribution in [3.63, 3.8) is 0 Å². The van der Waals surface area contributed by atoms with Crippen LogP contribution in [-0.2, 0) is 20.0 Å². The maximum absolute atomic E-state index is 5.28. The molecule has 1 fully saturated rings. The van der Waals surface area contributed by atoms with Gasteiger partial charge in [-0.15, -0.1) is 0 Å². The molecule has 1 aliphatic heterocycles. The Bertz CT molecular complexity index is 887. The third kappa shape index (κ3) is 4.08. The van der Waals surface area contributed by atoms with Crippen LogP contribution in [0.2, 0.25) is 0 Å². The molecule has 0 unspecified atom stereocenters. The molecule has 142 valence electrons. The Kier molecular flexibility index (Phi) is 5.03. The Hall–Kier alpha value is -2.54. The first-order valence-corrected chi connectivity index (χ1v) is 9.53. The summed E-state index contributed by atoms with van der Waals surface area (Å²) in [5.74, 6) is 1.47. The van der Waals surface area contributed by atoms with Gasteiger partial charge in [0.05, 0.1) is 22.6 Å². The maximum atomic E-state index is 5.28. The second kappa shape index (κ2) is 7.60. The fraction of sp³-hybridized carbons (Fsp3) is 0.500. The minimum Gasteiger partial charge on any atom is -0.361 e. The first-order chi connectivity index (χ1) is 13.1. The molecule has 3 aromatic heterocycles. The van der Waals surface area contributed by atoms with E-state index >= 15 is 0 Å². The van der Waals surface area contributed by atoms with Crippen molar-refractivity contribution < 1.29 is 4.52 Å². The van der Waals surface area contributed by atoms with Gasteiger partial charge in [-0.3, -0.25) is 9.58 Å². The van der Waals surface area contributed by atoms with Crippen LogP contribution in [0.25, 0.3) is 11.3 Å². The zero-order valence-electron chi connectivity index (χ0n) is 16.2. The standard InChI is InChI=1S/C20H26N6O/c1-14-20(15(2)27-24-14)19-11-18(21-13-22-19)10-16-4-8-26(9-5-16)12-17-6-7-25(3)23-17/h6-7,11,13,16H,4-5,8-10,12H2,1-3H3. The number of hydrogen-bond donors (Lipinski definition) is 0. The molecule has 1 saturated heterocycles. The molecule has 4 heterocycles. The molecule has 0 saturated carbocycles. The zero-order valence-corrected chi connectivity index (χ0v) is 16.2. The lowest BCUT2D eigenvalue weighted by atomic mass is 9.91. The van der Waals surface area contributed by atoms with Gasteiger partial charge in [0.2, 0.25) is 0 Å². The van der Waals surface area contributed by atoms with Crippen LogP contribution in [0.15, 0.2) is 29.2 Å². The minimum absolute atomic E-state index is 0.664. The summed E-state index contributed by atoms with van der Waals surface area (Å²) in [6, 6.07) is 4.19. The van der Waals surface area contributed by atoms with Gasteiger partial charge in [0.1, 0.15) is 12.1 Å². The van der Waals surface area contributed by atoms with E-state index in [1.54, 1.807) is 6.33 Å². The molecular weight excluding hydrogens is 340 g/mol. The fourth-order valence-electron chi connectivity index (χ4n) is 3.92. The lowest BCUT2D eigenvalue weighted by molar-refractivity contribution is 0.174. The minimum atomic E-state index is 0.664. The highest BCUT2D eigenvalue weighted by atomic mass is 16.5. The molecule has 0 spiro atoms. The molecule has 0 N–H and O–H groups in total. The molecule has 0 radical (unpaired) electrons. The smallest absolute Gasteiger partial charge is 0.143 e. The van der Waals surface area contributed by atoms with Crippen LogP contribution < -0.4 is 0 Å². The summed E-state index contributed by atoms with van der Waals surface area (Å²) in [6.07, 6.45) is 7.05. The van der Waals surface area contributed by atoms with Gasteiger partial charge >= 0.3 is 0 Å². The summed E-state index contributed by atoms with van der Waals surface area (Å²) in [6.45, 7) is 7.04. The Labute approximate surface area is 159 Å². The van der Waals surface area contributed by atoms with Crippen LogP contribution in [0.3, 0.4) is 0 Å². The lowest BCUT2D eigenvalue weighted by Gasteiger charge is -2.31. The van der Waals surface area contributed by atoms with Gasteiger partial charge in [-0.2, -0.15) is 5.10 Å². The molecule has 1 aliphatic rings. The molecule has 27 heavy (non-hydrogen) atoms. The van der Waals surface area contributed by atoms with Gasteiger partial charge < -0.3 is 4.52 Å². The maximum Gasteiger partial charge on any atom is 0.143 e. The predicted molar refractivity (Wildman–Crippen MR) is 102 cm³/mol. The number of hydrogen-bond acceptors (Lipinski definition) is 6. The van der Waals surface area contributed by atoms with Crippen molar-refractivity contribution in [2.45, 2.75) is 39.7 Å². The van der Waals surface area contributed by atoms with E-state index < -0.39 is 0 Å². The Morgan fingerprint density at radius 3 is 2.63 bits per heavy atom. The molecule has 4 rings (SSSR count). The molecular formula is C20H26N6O. The van der Waals surface area contributed by atoms with Gasteiger partial charge in [-0.05, 0) is 64.3 Å². The number of nitrogens with zero attached hydrogens (tertiary/aromatic N) is 6. The summed E-state index contributed by atoms with van der Waals surface area (Å²) in [5.41, 5.74) is 5.02. The monoisotopic (exact) mass is 366 g/mol. The lowest BCUT2D eigenvalue weighted by Crippen LogP contribution is -2.34. The highest BCUT2D eigenvalue weighted by Gasteiger charge is 2.21. The fourth-order valence-corrected chi connectivity index (χ4v) is 3.92. The van der Waals surface area contributed by atoms with E-state index in [0.717, 1.165) is 60.2 Å². The molecule has 0 atom stereocenters. The quantitative estimate of drug-likeness (QED) is 0.691. The largest absolute Gasteiger partial charge is 0.361 e. The molecule has 0 aliphatic carbocycles. The summed E-state index contributed by atoms with van der Waals surface area (Å²) in [5, 5.41) is 8.52. The average molecular weight is 366 g/mol. The summed E-state index contributed by atoms with van der Waals surface area (Å²) in [4.78, 5) is 11.4. The van der Waals surface area contributed by atoms with Crippen molar-refractivity contribution in [1.29, 1.82) is 0 Å². The van der Waals surface area contributed by atoms with Crippen LogP contribution in [0, 0.1) is 19.8 Å².